The summed E-state index contributed by atoms with van der Waals surface area (Å²) in [5.41, 5.74) is 1.33. The van der Waals surface area contributed by atoms with Crippen molar-refractivity contribution in [2.24, 2.45) is 5.41 Å². The Morgan fingerprint density at radius 2 is 2.16 bits per heavy atom. The van der Waals surface area contributed by atoms with Gasteiger partial charge in [0.05, 0.1) is 47.6 Å². The predicted octanol–water partition coefficient (Wildman–Crippen LogP) is 2.51. The highest BCUT2D eigenvalue weighted by molar-refractivity contribution is 6.01. The first-order valence-corrected chi connectivity index (χ1v) is 9.76. The lowest BCUT2D eigenvalue weighted by Gasteiger charge is -2.16. The molecule has 0 aromatic carbocycles. The number of carbonyl (C=O) groups is 1. The van der Waals surface area contributed by atoms with E-state index in [1.165, 1.54) is 35.6 Å². The normalized spacial score (nSPS) is 11.5. The first-order valence-electron chi connectivity index (χ1n) is 9.76. The van der Waals surface area contributed by atoms with E-state index in [1.54, 1.807) is 32.2 Å². The number of methoxy groups -OCH3 is 1. The van der Waals surface area contributed by atoms with E-state index in [2.05, 4.69) is 31.9 Å². The van der Waals surface area contributed by atoms with Gasteiger partial charge in [0.15, 0.2) is 5.82 Å². The molecule has 0 aliphatic heterocycles. The molecule has 0 unspecified atom stereocenters. The molecule has 0 spiro atoms. The second-order valence-corrected chi connectivity index (χ2v) is 7.82. The molecule has 1 amide bonds. The van der Waals surface area contributed by atoms with Crippen LogP contribution in [0.4, 0.5) is 10.3 Å². The summed E-state index contributed by atoms with van der Waals surface area (Å²) in [5, 5.41) is 23.2. The molecule has 10 nitrogen and oxygen atoms in total. The van der Waals surface area contributed by atoms with Crippen LogP contribution >= 0.6 is 0 Å². The SMILES string of the molecule is CNC(=O)c1cnn2ccc(-c3c(F)cn4nc(NCC(C)(C)C#N)nc(OC)c34)cc12. The lowest BCUT2D eigenvalue weighted by molar-refractivity contribution is 0.0964. The summed E-state index contributed by atoms with van der Waals surface area (Å²) in [6.45, 7) is 3.86. The highest BCUT2D eigenvalue weighted by atomic mass is 19.1. The van der Waals surface area contributed by atoms with Crippen molar-refractivity contribution < 1.29 is 13.9 Å². The average Bonchev–Trinajstić information content (AvgIpc) is 3.36. The quantitative estimate of drug-likeness (QED) is 0.476. The van der Waals surface area contributed by atoms with Gasteiger partial charge in [-0.25, -0.2) is 13.4 Å². The number of aromatic nitrogens is 5. The largest absolute Gasteiger partial charge is 0.479 e. The zero-order valence-corrected chi connectivity index (χ0v) is 18.0. The number of hydrogen-bond acceptors (Lipinski definition) is 7. The molecule has 0 saturated heterocycles. The molecule has 0 aliphatic carbocycles. The molecular formula is C21H21FN8O2. The maximum Gasteiger partial charge on any atom is 0.254 e. The topological polar surface area (TPSA) is 122 Å². The Morgan fingerprint density at radius 1 is 1.38 bits per heavy atom. The van der Waals surface area contributed by atoms with E-state index < -0.39 is 11.2 Å². The monoisotopic (exact) mass is 436 g/mol. The van der Waals surface area contributed by atoms with E-state index in [4.69, 9.17) is 4.74 Å². The first kappa shape index (κ1) is 21.0. The van der Waals surface area contributed by atoms with E-state index in [0.29, 0.717) is 28.7 Å². The van der Waals surface area contributed by atoms with Crippen molar-refractivity contribution in [3.63, 3.8) is 0 Å². The van der Waals surface area contributed by atoms with Gasteiger partial charge in [0.25, 0.3) is 5.91 Å². The molecule has 4 aromatic rings. The number of pyridine rings is 1. The van der Waals surface area contributed by atoms with E-state index in [-0.39, 0.29) is 23.3 Å². The van der Waals surface area contributed by atoms with Crippen LogP contribution in [0, 0.1) is 22.6 Å². The average molecular weight is 436 g/mol. The molecule has 0 saturated carbocycles. The molecule has 32 heavy (non-hydrogen) atoms. The Kier molecular flexibility index (Phi) is 5.14. The molecule has 164 valence electrons. The second-order valence-electron chi connectivity index (χ2n) is 7.82. The zero-order chi connectivity index (χ0) is 23.0. The van der Waals surface area contributed by atoms with E-state index in [0.717, 1.165) is 0 Å². The van der Waals surface area contributed by atoms with Gasteiger partial charge in [0.1, 0.15) is 5.52 Å². The van der Waals surface area contributed by atoms with E-state index in [1.807, 2.05) is 0 Å². The summed E-state index contributed by atoms with van der Waals surface area (Å²) in [7, 11) is 2.96. The predicted molar refractivity (Wildman–Crippen MR) is 115 cm³/mol. The maximum absolute atomic E-state index is 15.1. The first-order chi connectivity index (χ1) is 15.3. The van der Waals surface area contributed by atoms with Crippen molar-refractivity contribution in [3.8, 4) is 23.1 Å². The minimum Gasteiger partial charge on any atom is -0.479 e. The van der Waals surface area contributed by atoms with Crippen molar-refractivity contribution in [1.29, 1.82) is 5.26 Å². The fraction of sp³-hybridized carbons (Fsp3) is 0.286. The van der Waals surface area contributed by atoms with Crippen molar-refractivity contribution in [2.45, 2.75) is 13.8 Å². The van der Waals surface area contributed by atoms with Gasteiger partial charge in [-0.2, -0.15) is 15.3 Å². The van der Waals surface area contributed by atoms with Crippen LogP contribution in [0.3, 0.4) is 0 Å². The summed E-state index contributed by atoms with van der Waals surface area (Å²) in [6.07, 6.45) is 4.33. The third kappa shape index (κ3) is 3.56. The molecule has 0 aliphatic rings. The minimum atomic E-state index is -0.637. The summed E-state index contributed by atoms with van der Waals surface area (Å²) < 4.78 is 23.4. The lowest BCUT2D eigenvalue weighted by atomic mass is 9.96. The highest BCUT2D eigenvalue weighted by Gasteiger charge is 2.23. The Morgan fingerprint density at radius 3 is 2.84 bits per heavy atom. The van der Waals surface area contributed by atoms with Gasteiger partial charge in [-0.1, -0.05) is 0 Å². The Labute approximate surface area is 182 Å². The van der Waals surface area contributed by atoms with Crippen LogP contribution < -0.4 is 15.4 Å². The van der Waals surface area contributed by atoms with Gasteiger partial charge in [-0.15, -0.1) is 5.10 Å². The number of rotatable bonds is 6. The summed E-state index contributed by atoms with van der Waals surface area (Å²) in [4.78, 5) is 16.5. The third-order valence-corrected chi connectivity index (χ3v) is 5.02. The summed E-state index contributed by atoms with van der Waals surface area (Å²) in [5.74, 6) is -0.461. The zero-order valence-electron chi connectivity index (χ0n) is 18.0. The number of nitrogens with zero attached hydrogens (tertiary/aromatic N) is 6. The number of hydrogen-bond donors (Lipinski definition) is 2. The Hall–Kier alpha value is -4.20. The molecule has 4 aromatic heterocycles. The van der Waals surface area contributed by atoms with Crippen LogP contribution in [0.15, 0.2) is 30.7 Å². The summed E-state index contributed by atoms with van der Waals surface area (Å²) in [6, 6.07) is 5.55. The van der Waals surface area contributed by atoms with Gasteiger partial charge < -0.3 is 15.4 Å². The molecule has 11 heteroatoms. The van der Waals surface area contributed by atoms with Crippen LogP contribution in [0.25, 0.3) is 22.2 Å². The van der Waals surface area contributed by atoms with Crippen LogP contribution in [0.2, 0.25) is 0 Å². The third-order valence-electron chi connectivity index (χ3n) is 5.02. The van der Waals surface area contributed by atoms with Crippen LogP contribution in [0.5, 0.6) is 5.88 Å². The number of amides is 1. The molecule has 0 bridgehead atoms. The molecule has 0 atom stereocenters. The number of anilines is 1. The van der Waals surface area contributed by atoms with Gasteiger partial charge in [0, 0.05) is 19.8 Å². The number of fused-ring (bicyclic) bond motifs is 2. The van der Waals surface area contributed by atoms with Crippen molar-refractivity contribution in [2.75, 3.05) is 26.0 Å². The molecule has 2 N–H and O–H groups in total. The Bertz CT molecular complexity index is 1380. The van der Waals surface area contributed by atoms with Gasteiger partial charge in [0.2, 0.25) is 11.8 Å². The fourth-order valence-electron chi connectivity index (χ4n) is 3.30. The van der Waals surface area contributed by atoms with Crippen LogP contribution in [-0.2, 0) is 0 Å². The molecule has 0 fully saturated rings. The number of halogens is 1. The number of ether oxygens (including phenoxy) is 1. The smallest absolute Gasteiger partial charge is 0.254 e. The molecule has 4 heterocycles. The number of nitriles is 1. The molecule has 4 rings (SSSR count). The van der Waals surface area contributed by atoms with Crippen molar-refractivity contribution >= 4 is 22.9 Å². The highest BCUT2D eigenvalue weighted by Crippen LogP contribution is 2.35. The minimum absolute atomic E-state index is 0.163. The summed E-state index contributed by atoms with van der Waals surface area (Å²) >= 11 is 0. The second kappa shape index (κ2) is 7.81. The van der Waals surface area contributed by atoms with Crippen molar-refractivity contribution in [1.82, 2.24) is 29.5 Å². The van der Waals surface area contributed by atoms with Crippen LogP contribution in [-0.4, -0.2) is 50.8 Å². The van der Waals surface area contributed by atoms with E-state index >= 15 is 4.39 Å². The van der Waals surface area contributed by atoms with Gasteiger partial charge in [-0.3, -0.25) is 4.79 Å². The lowest BCUT2D eigenvalue weighted by Crippen LogP contribution is -2.22. The molecule has 0 radical (unpaired) electrons. The number of nitrogens with one attached hydrogen (secondary N) is 2. The van der Waals surface area contributed by atoms with Crippen LogP contribution in [0.1, 0.15) is 24.2 Å². The van der Waals surface area contributed by atoms with Gasteiger partial charge >= 0.3 is 0 Å². The van der Waals surface area contributed by atoms with Gasteiger partial charge in [-0.05, 0) is 31.5 Å². The van der Waals surface area contributed by atoms with Crippen molar-refractivity contribution in [3.05, 3.63) is 42.1 Å². The number of carbonyl (C=O) groups excluding carboxylic acids is 1. The maximum atomic E-state index is 15.1. The van der Waals surface area contributed by atoms with E-state index in [9.17, 15) is 10.1 Å². The standard InChI is InChI=1S/C21H21FN8O2/c1-21(2,10-23)11-25-20-27-19(32-4)17-16(14(22)9-30(17)28-20)12-5-6-29-15(7-12)13(8-26-29)18(31)24-3/h5-9H,11H2,1-4H3,(H,24,31)(H,25,28). The molecular weight excluding hydrogens is 415 g/mol. The Balaban J connectivity index is 1.84. The fourth-order valence-corrected chi connectivity index (χ4v) is 3.30.